The van der Waals surface area contributed by atoms with Crippen molar-refractivity contribution in [2.75, 3.05) is 0 Å². The molecule has 2 amide bonds. The fourth-order valence-corrected chi connectivity index (χ4v) is 6.08. The molecule has 4 atom stereocenters. The third kappa shape index (κ3) is 3.00. The summed E-state index contributed by atoms with van der Waals surface area (Å²) in [5.74, 6) is -4.15. The number of benzene rings is 3. The first-order valence-corrected chi connectivity index (χ1v) is 12.2. The lowest BCUT2D eigenvalue weighted by atomic mass is 9.77. The quantitative estimate of drug-likeness (QED) is 0.416. The van der Waals surface area contributed by atoms with Crippen LogP contribution in [0.1, 0.15) is 50.4 Å². The van der Waals surface area contributed by atoms with Gasteiger partial charge >= 0.3 is 0 Å². The Labute approximate surface area is 208 Å². The van der Waals surface area contributed by atoms with E-state index in [9.17, 15) is 19.2 Å². The van der Waals surface area contributed by atoms with Crippen LogP contribution in [0.4, 0.5) is 0 Å². The molecular weight excluding hydrogens is 454 g/mol. The zero-order valence-corrected chi connectivity index (χ0v) is 20.0. The summed E-state index contributed by atoms with van der Waals surface area (Å²) >= 11 is 0. The molecule has 2 heterocycles. The SMILES string of the molecule is Cc1ccc([C@@H]2OC3(C(=O)c4ccccc4C3=O)[C@@H]3C(=O)N([C@@H](C)Cc4ccccc4)C(=O)[C@@H]32)cc1. The number of carbonyl (C=O) groups excluding carboxylic acids is 4. The van der Waals surface area contributed by atoms with Crippen LogP contribution < -0.4 is 0 Å². The number of ketones is 2. The van der Waals surface area contributed by atoms with E-state index in [1.165, 1.54) is 4.90 Å². The molecule has 6 heteroatoms. The van der Waals surface area contributed by atoms with E-state index in [1.54, 1.807) is 24.3 Å². The van der Waals surface area contributed by atoms with Crippen LogP contribution >= 0.6 is 0 Å². The van der Waals surface area contributed by atoms with Gasteiger partial charge < -0.3 is 4.74 Å². The number of ether oxygens (including phenoxy) is 1. The number of rotatable bonds is 4. The van der Waals surface area contributed by atoms with Crippen LogP contribution in [0.25, 0.3) is 0 Å². The number of fused-ring (bicyclic) bond motifs is 3. The smallest absolute Gasteiger partial charge is 0.237 e. The van der Waals surface area contributed by atoms with Crippen molar-refractivity contribution in [2.24, 2.45) is 11.8 Å². The summed E-state index contributed by atoms with van der Waals surface area (Å²) in [7, 11) is 0. The van der Waals surface area contributed by atoms with E-state index in [4.69, 9.17) is 4.74 Å². The Morgan fingerprint density at radius 1 is 0.806 bits per heavy atom. The van der Waals surface area contributed by atoms with Gasteiger partial charge in [0, 0.05) is 17.2 Å². The van der Waals surface area contributed by atoms with Crippen molar-refractivity contribution >= 4 is 23.4 Å². The highest BCUT2D eigenvalue weighted by Crippen LogP contribution is 2.57. The maximum Gasteiger partial charge on any atom is 0.237 e. The van der Waals surface area contributed by atoms with Gasteiger partial charge in [-0.25, -0.2) is 0 Å². The predicted molar refractivity (Wildman–Crippen MR) is 131 cm³/mol. The van der Waals surface area contributed by atoms with Crippen LogP contribution in [0.15, 0.2) is 78.9 Å². The molecular formula is C30H25NO5. The summed E-state index contributed by atoms with van der Waals surface area (Å²) in [5.41, 5.74) is 1.13. The number of hydrogen-bond acceptors (Lipinski definition) is 5. The molecule has 2 aliphatic heterocycles. The molecule has 6 nitrogen and oxygen atoms in total. The van der Waals surface area contributed by atoms with Crippen LogP contribution in [-0.2, 0) is 20.7 Å². The largest absolute Gasteiger partial charge is 0.349 e. The van der Waals surface area contributed by atoms with Crippen molar-refractivity contribution in [1.29, 1.82) is 0 Å². The molecule has 0 aromatic heterocycles. The Hall–Kier alpha value is -3.90. The van der Waals surface area contributed by atoms with Gasteiger partial charge in [0.15, 0.2) is 0 Å². The van der Waals surface area contributed by atoms with Crippen LogP contribution in [-0.4, -0.2) is 39.9 Å². The minimum absolute atomic E-state index is 0.238. The number of Topliss-reactive ketones (excluding diaryl/α,β-unsaturated/α-hetero) is 2. The lowest BCUT2D eigenvalue weighted by Gasteiger charge is -2.29. The van der Waals surface area contributed by atoms with E-state index in [0.29, 0.717) is 12.0 Å². The highest BCUT2D eigenvalue weighted by molar-refractivity contribution is 6.35. The van der Waals surface area contributed by atoms with Crippen molar-refractivity contribution in [3.8, 4) is 0 Å². The Kier molecular flexibility index (Phi) is 5.05. The molecule has 0 N–H and O–H groups in total. The van der Waals surface area contributed by atoms with Gasteiger partial charge in [-0.3, -0.25) is 24.1 Å². The first-order valence-electron chi connectivity index (χ1n) is 12.2. The van der Waals surface area contributed by atoms with Gasteiger partial charge in [-0.1, -0.05) is 84.4 Å². The molecule has 0 bridgehead atoms. The molecule has 0 saturated carbocycles. The number of amides is 2. The topological polar surface area (TPSA) is 80.8 Å². The van der Waals surface area contributed by atoms with E-state index in [0.717, 1.165) is 11.1 Å². The summed E-state index contributed by atoms with van der Waals surface area (Å²) in [6.07, 6.45) is -0.411. The highest BCUT2D eigenvalue weighted by Gasteiger charge is 2.74. The van der Waals surface area contributed by atoms with Gasteiger partial charge in [0.05, 0.1) is 17.9 Å². The molecule has 36 heavy (non-hydrogen) atoms. The van der Waals surface area contributed by atoms with Gasteiger partial charge in [0.1, 0.15) is 0 Å². The molecule has 3 aliphatic rings. The molecule has 3 aromatic carbocycles. The number of hydrogen-bond donors (Lipinski definition) is 0. The average Bonchev–Trinajstić information content (AvgIpc) is 3.45. The van der Waals surface area contributed by atoms with E-state index in [2.05, 4.69) is 0 Å². The summed E-state index contributed by atoms with van der Waals surface area (Å²) in [4.78, 5) is 56.7. The fourth-order valence-electron chi connectivity index (χ4n) is 6.08. The van der Waals surface area contributed by atoms with Crippen molar-refractivity contribution in [3.63, 3.8) is 0 Å². The molecule has 1 spiro atoms. The van der Waals surface area contributed by atoms with Gasteiger partial charge in [-0.05, 0) is 31.4 Å². The third-order valence-electron chi connectivity index (χ3n) is 7.77. The van der Waals surface area contributed by atoms with Crippen molar-refractivity contribution < 1.29 is 23.9 Å². The summed E-state index contributed by atoms with van der Waals surface area (Å²) in [6.45, 7) is 3.77. The maximum absolute atomic E-state index is 14.0. The second-order valence-electron chi connectivity index (χ2n) is 9.98. The molecule has 2 fully saturated rings. The van der Waals surface area contributed by atoms with Gasteiger partial charge in [-0.2, -0.15) is 0 Å². The van der Waals surface area contributed by atoms with E-state index >= 15 is 0 Å². The standard InChI is InChI=1S/C30H25NO5/c1-17-12-14-20(15-13-17)25-23-24(30(36-25)26(32)21-10-6-7-11-22(21)27(30)33)29(35)31(28(23)34)18(2)16-19-8-4-3-5-9-19/h3-15,18,23-25H,16H2,1-2H3/t18-,23-,24-,25-/m0/s1. The Balaban J connectivity index is 1.46. The number of imide groups is 1. The van der Waals surface area contributed by atoms with E-state index < -0.39 is 53.0 Å². The summed E-state index contributed by atoms with van der Waals surface area (Å²) < 4.78 is 6.33. The van der Waals surface area contributed by atoms with Crippen LogP contribution in [0.3, 0.4) is 0 Å². The van der Waals surface area contributed by atoms with Crippen molar-refractivity contribution in [3.05, 3.63) is 107 Å². The van der Waals surface area contributed by atoms with E-state index in [1.807, 2.05) is 68.4 Å². The van der Waals surface area contributed by atoms with Crippen LogP contribution in [0, 0.1) is 18.8 Å². The molecule has 1 aliphatic carbocycles. The first-order chi connectivity index (χ1) is 17.3. The van der Waals surface area contributed by atoms with E-state index in [-0.39, 0.29) is 11.1 Å². The molecule has 180 valence electrons. The third-order valence-corrected chi connectivity index (χ3v) is 7.77. The van der Waals surface area contributed by atoms with Crippen LogP contribution in [0.5, 0.6) is 0 Å². The van der Waals surface area contributed by atoms with Gasteiger partial charge in [-0.15, -0.1) is 0 Å². The number of carbonyl (C=O) groups is 4. The second kappa shape index (κ2) is 8.07. The summed E-state index contributed by atoms with van der Waals surface area (Å²) in [6, 6.07) is 23.2. The zero-order valence-electron chi connectivity index (χ0n) is 20.0. The minimum Gasteiger partial charge on any atom is -0.349 e. The summed E-state index contributed by atoms with van der Waals surface area (Å²) in [5, 5.41) is 0. The fraction of sp³-hybridized carbons (Fsp3) is 0.267. The number of aryl methyl sites for hydroxylation is 1. The maximum atomic E-state index is 14.0. The molecule has 0 unspecified atom stereocenters. The second-order valence-corrected chi connectivity index (χ2v) is 9.98. The zero-order chi connectivity index (χ0) is 25.2. The Morgan fingerprint density at radius 2 is 1.39 bits per heavy atom. The minimum atomic E-state index is -2.03. The molecule has 3 aromatic rings. The number of nitrogens with zero attached hydrogens (tertiary/aromatic N) is 1. The molecule has 2 saturated heterocycles. The molecule has 6 rings (SSSR count). The number of likely N-dealkylation sites (tertiary alicyclic amines) is 1. The first kappa shape index (κ1) is 22.6. The Morgan fingerprint density at radius 3 is 2.00 bits per heavy atom. The van der Waals surface area contributed by atoms with Crippen LogP contribution in [0.2, 0.25) is 0 Å². The van der Waals surface area contributed by atoms with Gasteiger partial charge in [0.25, 0.3) is 0 Å². The lowest BCUT2D eigenvalue weighted by molar-refractivity contribution is -0.147. The monoisotopic (exact) mass is 479 g/mol. The van der Waals surface area contributed by atoms with Crippen molar-refractivity contribution in [1.82, 2.24) is 4.90 Å². The normalized spacial score (nSPS) is 24.9. The van der Waals surface area contributed by atoms with Crippen molar-refractivity contribution in [2.45, 2.75) is 38.0 Å². The predicted octanol–water partition coefficient (Wildman–Crippen LogP) is 4.12. The van der Waals surface area contributed by atoms with Gasteiger partial charge in [0.2, 0.25) is 29.0 Å². The average molecular weight is 480 g/mol. The Bertz CT molecular complexity index is 1380. The molecule has 0 radical (unpaired) electrons. The lowest BCUT2D eigenvalue weighted by Crippen LogP contribution is -2.52. The highest BCUT2D eigenvalue weighted by atomic mass is 16.5.